The number of hydrogen-bond acceptors (Lipinski definition) is 3. The Labute approximate surface area is 117 Å². The Kier molecular flexibility index (Phi) is 5.98. The van der Waals surface area contributed by atoms with Crippen molar-refractivity contribution >= 4 is 11.7 Å². The Bertz CT molecular complexity index is 313. The van der Waals surface area contributed by atoms with Crippen LogP contribution >= 0.6 is 0 Å². The number of Topliss-reactive ketones (excluding diaryl/α,β-unsaturated/α-hetero) is 1. The van der Waals surface area contributed by atoms with Gasteiger partial charge in [0.15, 0.2) is 0 Å². The van der Waals surface area contributed by atoms with Crippen LogP contribution in [0.15, 0.2) is 0 Å². The molecule has 4 heteroatoms. The van der Waals surface area contributed by atoms with Crippen molar-refractivity contribution in [2.45, 2.75) is 47.0 Å². The van der Waals surface area contributed by atoms with Gasteiger partial charge in [0, 0.05) is 51.0 Å². The highest BCUT2D eigenvalue weighted by Crippen LogP contribution is 2.18. The van der Waals surface area contributed by atoms with Crippen LogP contribution in [-0.4, -0.2) is 54.2 Å². The third kappa shape index (κ3) is 5.31. The number of piperazine rings is 1. The van der Waals surface area contributed by atoms with Crippen molar-refractivity contribution in [3.63, 3.8) is 0 Å². The number of hydrogen-bond donors (Lipinski definition) is 0. The molecule has 1 aliphatic rings. The van der Waals surface area contributed by atoms with Gasteiger partial charge in [-0.3, -0.25) is 14.5 Å². The fourth-order valence-corrected chi connectivity index (χ4v) is 2.34. The second kappa shape index (κ2) is 7.04. The topological polar surface area (TPSA) is 40.6 Å². The highest BCUT2D eigenvalue weighted by Gasteiger charge is 2.29. The molecule has 0 saturated carbocycles. The van der Waals surface area contributed by atoms with Gasteiger partial charge in [0.1, 0.15) is 5.78 Å². The molecule has 1 rings (SSSR count). The Morgan fingerprint density at radius 1 is 1.00 bits per heavy atom. The molecule has 0 bridgehead atoms. The van der Waals surface area contributed by atoms with Gasteiger partial charge in [-0.15, -0.1) is 0 Å². The minimum atomic E-state index is -0.292. The third-order valence-corrected chi connectivity index (χ3v) is 3.54. The monoisotopic (exact) mass is 268 g/mol. The fourth-order valence-electron chi connectivity index (χ4n) is 2.34. The highest BCUT2D eigenvalue weighted by atomic mass is 16.2. The van der Waals surface area contributed by atoms with Gasteiger partial charge in [-0.2, -0.15) is 0 Å². The maximum absolute atomic E-state index is 12.1. The molecule has 1 amide bonds. The van der Waals surface area contributed by atoms with Crippen LogP contribution in [0.25, 0.3) is 0 Å². The van der Waals surface area contributed by atoms with Crippen LogP contribution in [0.2, 0.25) is 0 Å². The molecular formula is C15H28N2O2. The summed E-state index contributed by atoms with van der Waals surface area (Å²) in [5, 5.41) is 0. The Morgan fingerprint density at radius 3 is 2.05 bits per heavy atom. The summed E-state index contributed by atoms with van der Waals surface area (Å²) in [5.41, 5.74) is -0.292. The van der Waals surface area contributed by atoms with E-state index in [1.54, 1.807) is 0 Å². The molecule has 0 atom stereocenters. The first-order chi connectivity index (χ1) is 8.84. The van der Waals surface area contributed by atoms with Crippen LogP contribution in [0.5, 0.6) is 0 Å². The Balaban J connectivity index is 2.29. The van der Waals surface area contributed by atoms with Crippen molar-refractivity contribution in [3.05, 3.63) is 0 Å². The van der Waals surface area contributed by atoms with E-state index in [0.29, 0.717) is 18.6 Å². The number of nitrogens with zero attached hydrogens (tertiary/aromatic N) is 2. The summed E-state index contributed by atoms with van der Waals surface area (Å²) in [6.07, 6.45) is 2.29. The van der Waals surface area contributed by atoms with Gasteiger partial charge in [0.2, 0.25) is 5.91 Å². The van der Waals surface area contributed by atoms with E-state index in [9.17, 15) is 9.59 Å². The van der Waals surface area contributed by atoms with E-state index in [2.05, 4.69) is 4.90 Å². The zero-order valence-corrected chi connectivity index (χ0v) is 12.9. The summed E-state index contributed by atoms with van der Waals surface area (Å²) in [6.45, 7) is 12.1. The molecular weight excluding hydrogens is 240 g/mol. The fraction of sp³-hybridized carbons (Fsp3) is 0.867. The first-order valence-corrected chi connectivity index (χ1v) is 7.38. The van der Waals surface area contributed by atoms with Crippen molar-refractivity contribution in [1.82, 2.24) is 9.80 Å². The second-order valence-electron chi connectivity index (χ2n) is 6.42. The predicted molar refractivity (Wildman–Crippen MR) is 77.0 cm³/mol. The zero-order chi connectivity index (χ0) is 14.5. The molecule has 0 aliphatic carbocycles. The molecule has 19 heavy (non-hydrogen) atoms. The third-order valence-electron chi connectivity index (χ3n) is 3.54. The molecule has 1 aliphatic heterocycles. The first-order valence-electron chi connectivity index (χ1n) is 7.38. The molecule has 110 valence electrons. The lowest BCUT2D eigenvalue weighted by molar-refractivity contribution is -0.141. The van der Waals surface area contributed by atoms with Gasteiger partial charge in [0.25, 0.3) is 0 Å². The SMILES string of the molecule is CCCC(=O)CCN1CCN(C(=O)C(C)(C)C)CC1. The quantitative estimate of drug-likeness (QED) is 0.765. The molecule has 1 heterocycles. The average Bonchev–Trinajstić information content (AvgIpc) is 2.35. The standard InChI is InChI=1S/C15H28N2O2/c1-5-6-13(18)7-8-16-9-11-17(12-10-16)14(19)15(2,3)4/h5-12H2,1-4H3. The minimum Gasteiger partial charge on any atom is -0.340 e. The lowest BCUT2D eigenvalue weighted by Gasteiger charge is -2.37. The molecule has 0 unspecified atom stereocenters. The normalized spacial score (nSPS) is 17.6. The van der Waals surface area contributed by atoms with Gasteiger partial charge in [-0.05, 0) is 6.42 Å². The molecule has 4 nitrogen and oxygen atoms in total. The average molecular weight is 268 g/mol. The minimum absolute atomic E-state index is 0.231. The maximum atomic E-state index is 12.1. The van der Waals surface area contributed by atoms with Crippen LogP contribution in [0.3, 0.4) is 0 Å². The molecule has 0 aromatic carbocycles. The molecule has 1 saturated heterocycles. The molecule has 0 aromatic rings. The number of rotatable bonds is 5. The van der Waals surface area contributed by atoms with Crippen LogP contribution < -0.4 is 0 Å². The van der Waals surface area contributed by atoms with Gasteiger partial charge >= 0.3 is 0 Å². The summed E-state index contributed by atoms with van der Waals surface area (Å²) in [4.78, 5) is 27.9. The van der Waals surface area contributed by atoms with E-state index in [0.717, 1.165) is 39.1 Å². The van der Waals surface area contributed by atoms with Crippen LogP contribution in [0.1, 0.15) is 47.0 Å². The number of carbonyl (C=O) groups is 2. The smallest absolute Gasteiger partial charge is 0.228 e. The van der Waals surface area contributed by atoms with Crippen LogP contribution in [-0.2, 0) is 9.59 Å². The summed E-state index contributed by atoms with van der Waals surface area (Å²) < 4.78 is 0. The molecule has 0 aromatic heterocycles. The van der Waals surface area contributed by atoms with Crippen molar-refractivity contribution < 1.29 is 9.59 Å². The molecule has 0 spiro atoms. The van der Waals surface area contributed by atoms with Gasteiger partial charge in [-0.25, -0.2) is 0 Å². The van der Waals surface area contributed by atoms with E-state index < -0.39 is 0 Å². The predicted octanol–water partition coefficient (Wildman–Crippen LogP) is 1.94. The van der Waals surface area contributed by atoms with Crippen LogP contribution in [0.4, 0.5) is 0 Å². The Hall–Kier alpha value is -0.900. The van der Waals surface area contributed by atoms with E-state index in [4.69, 9.17) is 0 Å². The Morgan fingerprint density at radius 2 is 1.58 bits per heavy atom. The number of amides is 1. The number of ketones is 1. The van der Waals surface area contributed by atoms with Gasteiger partial charge in [0.05, 0.1) is 0 Å². The maximum Gasteiger partial charge on any atom is 0.228 e. The summed E-state index contributed by atoms with van der Waals surface area (Å²) >= 11 is 0. The van der Waals surface area contributed by atoms with Crippen molar-refractivity contribution in [2.24, 2.45) is 5.41 Å². The van der Waals surface area contributed by atoms with E-state index in [1.165, 1.54) is 0 Å². The highest BCUT2D eigenvalue weighted by molar-refractivity contribution is 5.81. The zero-order valence-electron chi connectivity index (χ0n) is 12.9. The van der Waals surface area contributed by atoms with E-state index >= 15 is 0 Å². The summed E-state index contributed by atoms with van der Waals surface area (Å²) in [7, 11) is 0. The second-order valence-corrected chi connectivity index (χ2v) is 6.42. The lowest BCUT2D eigenvalue weighted by Crippen LogP contribution is -2.51. The van der Waals surface area contributed by atoms with E-state index in [1.807, 2.05) is 32.6 Å². The summed E-state index contributed by atoms with van der Waals surface area (Å²) in [5.74, 6) is 0.588. The largest absolute Gasteiger partial charge is 0.340 e. The lowest BCUT2D eigenvalue weighted by atomic mass is 9.94. The van der Waals surface area contributed by atoms with Crippen molar-refractivity contribution in [3.8, 4) is 0 Å². The molecule has 0 radical (unpaired) electrons. The van der Waals surface area contributed by atoms with Gasteiger partial charge in [-0.1, -0.05) is 27.7 Å². The van der Waals surface area contributed by atoms with Gasteiger partial charge < -0.3 is 4.90 Å². The van der Waals surface area contributed by atoms with Crippen LogP contribution in [0, 0.1) is 5.41 Å². The van der Waals surface area contributed by atoms with Crippen molar-refractivity contribution in [1.29, 1.82) is 0 Å². The summed E-state index contributed by atoms with van der Waals surface area (Å²) in [6, 6.07) is 0. The number of carbonyl (C=O) groups excluding carboxylic acids is 2. The van der Waals surface area contributed by atoms with Crippen molar-refractivity contribution in [2.75, 3.05) is 32.7 Å². The molecule has 0 N–H and O–H groups in total. The molecule has 1 fully saturated rings. The van der Waals surface area contributed by atoms with E-state index in [-0.39, 0.29) is 11.3 Å². The first kappa shape index (κ1) is 16.2.